The zero-order chi connectivity index (χ0) is 19.7. The van der Waals surface area contributed by atoms with E-state index in [0.29, 0.717) is 23.7 Å². The molecule has 1 fully saturated rings. The lowest BCUT2D eigenvalue weighted by molar-refractivity contribution is -0.117. The zero-order valence-corrected chi connectivity index (χ0v) is 16.8. The number of carbonyl (C=O) groups excluding carboxylic acids is 1. The van der Waals surface area contributed by atoms with Gasteiger partial charge >= 0.3 is 0 Å². The third-order valence-electron chi connectivity index (χ3n) is 4.61. The van der Waals surface area contributed by atoms with Crippen molar-refractivity contribution < 1.29 is 13.2 Å². The van der Waals surface area contributed by atoms with Gasteiger partial charge in [-0.2, -0.15) is 5.10 Å². The van der Waals surface area contributed by atoms with Gasteiger partial charge in [0.05, 0.1) is 29.3 Å². The SMILES string of the molecule is Cc1nn(Cc2ccccc2)c(Cl)c1/C=C/C(=O)NC1(C)CCS(=O)(=O)C1. The van der Waals surface area contributed by atoms with Crippen LogP contribution < -0.4 is 5.32 Å². The van der Waals surface area contributed by atoms with Gasteiger partial charge in [-0.25, -0.2) is 13.1 Å². The molecule has 3 rings (SSSR count). The largest absolute Gasteiger partial charge is 0.346 e. The summed E-state index contributed by atoms with van der Waals surface area (Å²) in [6, 6.07) is 9.84. The van der Waals surface area contributed by atoms with Gasteiger partial charge in [0.1, 0.15) is 5.15 Å². The Morgan fingerprint density at radius 1 is 1.37 bits per heavy atom. The molecule has 0 saturated carbocycles. The fourth-order valence-corrected chi connectivity index (χ4v) is 5.62. The van der Waals surface area contributed by atoms with Gasteiger partial charge in [-0.05, 0) is 31.9 Å². The van der Waals surface area contributed by atoms with Crippen LogP contribution in [0, 0.1) is 6.92 Å². The highest BCUT2D eigenvalue weighted by Crippen LogP contribution is 2.24. The molecule has 8 heteroatoms. The van der Waals surface area contributed by atoms with E-state index >= 15 is 0 Å². The Bertz CT molecular complexity index is 983. The van der Waals surface area contributed by atoms with Crippen molar-refractivity contribution in [1.29, 1.82) is 0 Å². The fourth-order valence-electron chi connectivity index (χ4n) is 3.22. The van der Waals surface area contributed by atoms with Crippen LogP contribution in [0.15, 0.2) is 36.4 Å². The Kier molecular flexibility index (Phi) is 5.44. The van der Waals surface area contributed by atoms with Crippen LogP contribution in [0.1, 0.15) is 30.2 Å². The lowest BCUT2D eigenvalue weighted by atomic mass is 10.0. The molecule has 1 saturated heterocycles. The van der Waals surface area contributed by atoms with Crippen molar-refractivity contribution in [3.63, 3.8) is 0 Å². The van der Waals surface area contributed by atoms with Crippen LogP contribution in [0.5, 0.6) is 0 Å². The first kappa shape index (κ1) is 19.6. The maximum Gasteiger partial charge on any atom is 0.244 e. The highest BCUT2D eigenvalue weighted by atomic mass is 35.5. The zero-order valence-electron chi connectivity index (χ0n) is 15.3. The Morgan fingerprint density at radius 2 is 2.07 bits per heavy atom. The number of rotatable bonds is 5. The molecule has 1 aliphatic rings. The normalized spacial score (nSPS) is 21.6. The van der Waals surface area contributed by atoms with Crippen molar-refractivity contribution in [3.8, 4) is 0 Å². The van der Waals surface area contributed by atoms with Crippen LogP contribution in [0.2, 0.25) is 5.15 Å². The number of sulfone groups is 1. The number of hydrogen-bond acceptors (Lipinski definition) is 4. The van der Waals surface area contributed by atoms with Crippen molar-refractivity contribution >= 4 is 33.4 Å². The summed E-state index contributed by atoms with van der Waals surface area (Å²) in [6.07, 6.45) is 3.41. The molecule has 1 aromatic heterocycles. The molecule has 0 aliphatic carbocycles. The molecule has 1 amide bonds. The maximum atomic E-state index is 12.2. The molecule has 2 aromatic rings. The summed E-state index contributed by atoms with van der Waals surface area (Å²) in [4.78, 5) is 12.2. The minimum Gasteiger partial charge on any atom is -0.346 e. The van der Waals surface area contributed by atoms with Crippen molar-refractivity contribution in [2.45, 2.75) is 32.4 Å². The molecule has 2 heterocycles. The number of halogens is 1. The van der Waals surface area contributed by atoms with Crippen LogP contribution >= 0.6 is 11.6 Å². The molecule has 1 aromatic carbocycles. The molecule has 27 heavy (non-hydrogen) atoms. The quantitative estimate of drug-likeness (QED) is 0.772. The fraction of sp³-hybridized carbons (Fsp3) is 0.368. The molecule has 1 N–H and O–H groups in total. The number of benzene rings is 1. The minimum atomic E-state index is -3.08. The van der Waals surface area contributed by atoms with Crippen molar-refractivity contribution in [1.82, 2.24) is 15.1 Å². The first-order valence-electron chi connectivity index (χ1n) is 8.65. The van der Waals surface area contributed by atoms with Crippen molar-refractivity contribution in [3.05, 3.63) is 58.4 Å². The number of aromatic nitrogens is 2. The van der Waals surface area contributed by atoms with Gasteiger partial charge in [0, 0.05) is 11.6 Å². The van der Waals surface area contributed by atoms with Gasteiger partial charge in [-0.1, -0.05) is 41.9 Å². The standard InChI is InChI=1S/C19H22ClN3O3S/c1-14-16(18(20)23(22-14)12-15-6-4-3-5-7-15)8-9-17(24)21-19(2)10-11-27(25,26)13-19/h3-9H,10-13H2,1-2H3,(H,21,24)/b9-8+. The van der Waals surface area contributed by atoms with Gasteiger partial charge in [-0.3, -0.25) is 4.79 Å². The number of hydrogen-bond donors (Lipinski definition) is 1. The van der Waals surface area contributed by atoms with E-state index in [0.717, 1.165) is 11.3 Å². The number of nitrogens with one attached hydrogen (secondary N) is 1. The molecular weight excluding hydrogens is 386 g/mol. The molecule has 0 bridgehead atoms. The van der Waals surface area contributed by atoms with Crippen molar-refractivity contribution in [2.24, 2.45) is 0 Å². The van der Waals surface area contributed by atoms with E-state index in [2.05, 4.69) is 10.4 Å². The van der Waals surface area contributed by atoms with Gasteiger partial charge in [0.2, 0.25) is 5.91 Å². The second kappa shape index (κ2) is 7.48. The predicted molar refractivity (Wildman–Crippen MR) is 106 cm³/mol. The van der Waals surface area contributed by atoms with Gasteiger partial charge in [0.15, 0.2) is 9.84 Å². The molecule has 1 atom stereocenters. The third kappa shape index (κ3) is 4.78. The average molecular weight is 408 g/mol. The predicted octanol–water partition coefficient (Wildman–Crippen LogP) is 2.60. The highest BCUT2D eigenvalue weighted by Gasteiger charge is 2.39. The topological polar surface area (TPSA) is 81.1 Å². The molecule has 0 radical (unpaired) electrons. The van der Waals surface area contributed by atoms with Gasteiger partial charge in [-0.15, -0.1) is 0 Å². The lowest BCUT2D eigenvalue weighted by Crippen LogP contribution is -2.46. The van der Waals surface area contributed by atoms with Crippen LogP contribution in [0.25, 0.3) is 6.08 Å². The lowest BCUT2D eigenvalue weighted by Gasteiger charge is -2.22. The van der Waals surface area contributed by atoms with E-state index in [1.54, 1.807) is 17.7 Å². The summed E-state index contributed by atoms with van der Waals surface area (Å²) >= 11 is 6.44. The van der Waals surface area contributed by atoms with Crippen LogP contribution in [0.4, 0.5) is 0 Å². The molecule has 1 aliphatic heterocycles. The summed E-state index contributed by atoms with van der Waals surface area (Å²) in [6.45, 7) is 4.12. The van der Waals surface area contributed by atoms with E-state index in [9.17, 15) is 13.2 Å². The summed E-state index contributed by atoms with van der Waals surface area (Å²) in [7, 11) is -3.08. The average Bonchev–Trinajstić information content (AvgIpc) is 3.01. The third-order valence-corrected chi connectivity index (χ3v) is 6.92. The minimum absolute atomic E-state index is 0.0334. The van der Waals surface area contributed by atoms with Crippen molar-refractivity contribution in [2.75, 3.05) is 11.5 Å². The highest BCUT2D eigenvalue weighted by molar-refractivity contribution is 7.91. The van der Waals surface area contributed by atoms with Crippen LogP contribution in [-0.4, -0.2) is 41.2 Å². The van der Waals surface area contributed by atoms with Crippen LogP contribution in [-0.2, 0) is 21.2 Å². The van der Waals surface area contributed by atoms with E-state index in [1.807, 2.05) is 37.3 Å². The first-order valence-corrected chi connectivity index (χ1v) is 10.8. The van der Waals surface area contributed by atoms with E-state index in [4.69, 9.17) is 11.6 Å². The molecule has 144 valence electrons. The number of carbonyl (C=O) groups is 1. The summed E-state index contributed by atoms with van der Waals surface area (Å²) < 4.78 is 25.0. The van der Waals surface area contributed by atoms with Gasteiger partial charge < -0.3 is 5.32 Å². The number of amides is 1. The van der Waals surface area contributed by atoms with Crippen LogP contribution in [0.3, 0.4) is 0 Å². The Hall–Kier alpha value is -2.12. The summed E-state index contributed by atoms with van der Waals surface area (Å²) in [5.41, 5.74) is 1.74. The maximum absolute atomic E-state index is 12.2. The second-order valence-electron chi connectivity index (χ2n) is 7.16. The Balaban J connectivity index is 1.71. The van der Waals surface area contributed by atoms with E-state index < -0.39 is 15.4 Å². The van der Waals surface area contributed by atoms with Gasteiger partial charge in [0.25, 0.3) is 0 Å². The number of aryl methyl sites for hydroxylation is 1. The molecule has 1 unspecified atom stereocenters. The molecular formula is C19H22ClN3O3S. The summed E-state index contributed by atoms with van der Waals surface area (Å²) in [5.74, 6) is -0.278. The monoisotopic (exact) mass is 407 g/mol. The molecule has 0 spiro atoms. The Morgan fingerprint density at radius 3 is 2.70 bits per heavy atom. The smallest absolute Gasteiger partial charge is 0.244 e. The second-order valence-corrected chi connectivity index (χ2v) is 9.70. The van der Waals surface area contributed by atoms with E-state index in [1.165, 1.54) is 6.08 Å². The first-order chi connectivity index (χ1) is 12.7. The summed E-state index contributed by atoms with van der Waals surface area (Å²) in [5, 5.41) is 7.69. The molecule has 6 nitrogen and oxygen atoms in total. The Labute approximate surface area is 164 Å². The van der Waals surface area contributed by atoms with E-state index in [-0.39, 0.29) is 17.4 Å². The number of nitrogens with zero attached hydrogens (tertiary/aromatic N) is 2.